The average Bonchev–Trinajstić information content (AvgIpc) is 3.01. The molecule has 1 N–H and O–H groups in total. The van der Waals surface area contributed by atoms with Gasteiger partial charge < -0.3 is 20.0 Å². The van der Waals surface area contributed by atoms with Crippen molar-refractivity contribution in [3.05, 3.63) is 52.5 Å². The Bertz CT molecular complexity index is 921. The summed E-state index contributed by atoms with van der Waals surface area (Å²) < 4.78 is 5.98. The van der Waals surface area contributed by atoms with Gasteiger partial charge in [0.25, 0.3) is 0 Å². The molecule has 0 unspecified atom stereocenters. The van der Waals surface area contributed by atoms with Gasteiger partial charge in [0.1, 0.15) is 5.75 Å². The summed E-state index contributed by atoms with van der Waals surface area (Å²) in [6.07, 6.45) is 2.08. The van der Waals surface area contributed by atoms with Crippen molar-refractivity contribution in [1.29, 1.82) is 0 Å². The molecule has 0 saturated heterocycles. The van der Waals surface area contributed by atoms with Gasteiger partial charge in [-0.15, -0.1) is 0 Å². The van der Waals surface area contributed by atoms with Crippen molar-refractivity contribution in [2.75, 3.05) is 11.9 Å². The lowest BCUT2D eigenvalue weighted by Crippen LogP contribution is -2.21. The molecule has 0 aliphatic rings. The minimum Gasteiger partial charge on any atom is -0.544 e. The molecule has 5 nitrogen and oxygen atoms in total. The Morgan fingerprint density at radius 3 is 2.81 bits per heavy atom. The van der Waals surface area contributed by atoms with Gasteiger partial charge in [0.05, 0.1) is 23.1 Å². The number of hydrogen-bond donors (Lipinski definition) is 1. The molecule has 0 saturated carbocycles. The number of fused-ring (bicyclic) bond motifs is 1. The largest absolute Gasteiger partial charge is 0.544 e. The minimum absolute atomic E-state index is 0.157. The Balaban J connectivity index is 1.88. The predicted molar refractivity (Wildman–Crippen MR) is 103 cm³/mol. The second kappa shape index (κ2) is 8.19. The molecule has 26 heavy (non-hydrogen) atoms. The molecule has 0 amide bonds. The summed E-state index contributed by atoms with van der Waals surface area (Å²) in [7, 11) is 0. The van der Waals surface area contributed by atoms with Crippen LogP contribution in [0.2, 0.25) is 0 Å². The van der Waals surface area contributed by atoms with Crippen LogP contribution in [0, 0.1) is 6.92 Å². The highest BCUT2D eigenvalue weighted by Gasteiger charge is 2.12. The van der Waals surface area contributed by atoms with E-state index in [0.717, 1.165) is 46.3 Å². The molecular formula is C20H21N2O3S-. The van der Waals surface area contributed by atoms with Crippen molar-refractivity contribution < 1.29 is 14.6 Å². The first-order valence-electron chi connectivity index (χ1n) is 8.66. The lowest BCUT2D eigenvalue weighted by Gasteiger charge is -2.14. The Morgan fingerprint density at radius 2 is 2.08 bits per heavy atom. The average molecular weight is 369 g/mol. The third kappa shape index (κ3) is 3.96. The number of hydrogen-bond acceptors (Lipinski definition) is 6. The van der Waals surface area contributed by atoms with Crippen LogP contribution in [0.4, 0.5) is 5.13 Å². The van der Waals surface area contributed by atoms with Crippen LogP contribution in [0.5, 0.6) is 5.75 Å². The summed E-state index contributed by atoms with van der Waals surface area (Å²) in [5.74, 6) is -0.347. The normalized spacial score (nSPS) is 10.8. The number of nitrogens with zero attached hydrogens (tertiary/aromatic N) is 1. The molecule has 0 atom stereocenters. The molecule has 6 heteroatoms. The van der Waals surface area contributed by atoms with Crippen LogP contribution in [0.1, 0.15) is 40.7 Å². The summed E-state index contributed by atoms with van der Waals surface area (Å²) in [6, 6.07) is 12.2. The number of carbonyl (C=O) groups excluding carboxylic acids is 1. The van der Waals surface area contributed by atoms with Crippen LogP contribution in [0.15, 0.2) is 36.4 Å². The summed E-state index contributed by atoms with van der Waals surface area (Å²) in [6.45, 7) is 4.98. The van der Waals surface area contributed by atoms with Gasteiger partial charge in [0.15, 0.2) is 5.13 Å². The van der Waals surface area contributed by atoms with Crippen molar-refractivity contribution in [2.45, 2.75) is 33.2 Å². The van der Waals surface area contributed by atoms with Crippen molar-refractivity contribution in [3.63, 3.8) is 0 Å². The Hall–Kier alpha value is -2.60. The van der Waals surface area contributed by atoms with Gasteiger partial charge in [-0.2, -0.15) is 0 Å². The number of nitrogens with one attached hydrogen (secondary N) is 1. The zero-order valence-electron chi connectivity index (χ0n) is 14.9. The monoisotopic (exact) mass is 369 g/mol. The van der Waals surface area contributed by atoms with Crippen molar-refractivity contribution in [3.8, 4) is 5.75 Å². The maximum absolute atomic E-state index is 11.1. The molecule has 0 radical (unpaired) electrons. The van der Waals surface area contributed by atoms with Crippen LogP contribution in [0.3, 0.4) is 0 Å². The molecule has 136 valence electrons. The van der Waals surface area contributed by atoms with Crippen LogP contribution in [-0.2, 0) is 6.54 Å². The maximum Gasteiger partial charge on any atom is 0.183 e. The number of carboxylic acid groups (broad SMARTS) is 1. The van der Waals surface area contributed by atoms with E-state index in [9.17, 15) is 9.90 Å². The Labute approximate surface area is 156 Å². The number of anilines is 1. The molecule has 3 rings (SSSR count). The van der Waals surface area contributed by atoms with Gasteiger partial charge in [0, 0.05) is 12.1 Å². The number of aryl methyl sites for hydroxylation is 1. The van der Waals surface area contributed by atoms with Crippen LogP contribution >= 0.6 is 11.3 Å². The van der Waals surface area contributed by atoms with Gasteiger partial charge in [-0.05, 0) is 30.2 Å². The van der Waals surface area contributed by atoms with E-state index in [1.165, 1.54) is 0 Å². The van der Waals surface area contributed by atoms with Gasteiger partial charge in [0.2, 0.25) is 0 Å². The third-order valence-corrected chi connectivity index (χ3v) is 5.25. The molecular weight excluding hydrogens is 348 g/mol. The minimum atomic E-state index is -1.19. The molecule has 0 bridgehead atoms. The lowest BCUT2D eigenvalue weighted by atomic mass is 10.0. The fraction of sp³-hybridized carbons (Fsp3) is 0.300. The molecule has 0 aliphatic heterocycles. The number of aromatic carboxylic acids is 1. The number of unbranched alkanes of at least 4 members (excludes halogenated alkanes) is 1. The highest BCUT2D eigenvalue weighted by molar-refractivity contribution is 7.17. The quantitative estimate of drug-likeness (QED) is 0.612. The summed E-state index contributed by atoms with van der Waals surface area (Å²) in [5, 5.41) is 17.1. The first kappa shape index (κ1) is 18.2. The first-order chi connectivity index (χ1) is 12.6. The van der Waals surface area contributed by atoms with Gasteiger partial charge in [-0.25, -0.2) is 4.98 Å². The molecule has 1 heterocycles. The Kier molecular flexibility index (Phi) is 5.73. The highest BCUT2D eigenvalue weighted by atomic mass is 32.1. The number of benzene rings is 2. The molecule has 0 spiro atoms. The van der Waals surface area contributed by atoms with E-state index in [4.69, 9.17) is 4.74 Å². The number of aromatic nitrogens is 1. The molecule has 2 aromatic carbocycles. The lowest BCUT2D eigenvalue weighted by molar-refractivity contribution is -0.254. The fourth-order valence-electron chi connectivity index (χ4n) is 2.79. The van der Waals surface area contributed by atoms with E-state index in [-0.39, 0.29) is 4.88 Å². The standard InChI is InChI=1S/C20H22N2O3S/c1-3-4-11-25-17-10-9-14-7-5-6-8-15(14)16(17)12-21-20-22-13(2)18(26-20)19(23)24/h5-10H,3-4,11-12H2,1-2H3,(H,21,22)(H,23,24)/p-1. The number of rotatable bonds is 8. The zero-order chi connectivity index (χ0) is 18.5. The van der Waals surface area contributed by atoms with Gasteiger partial charge in [-0.1, -0.05) is 55.0 Å². The number of carboxylic acids is 1. The van der Waals surface area contributed by atoms with Crippen molar-refractivity contribution in [1.82, 2.24) is 4.98 Å². The number of thiazole rings is 1. The van der Waals surface area contributed by atoms with E-state index in [2.05, 4.69) is 35.4 Å². The van der Waals surface area contributed by atoms with E-state index >= 15 is 0 Å². The predicted octanol–water partition coefficient (Wildman–Crippen LogP) is 3.76. The molecule has 0 aliphatic carbocycles. The van der Waals surface area contributed by atoms with E-state index < -0.39 is 5.97 Å². The second-order valence-electron chi connectivity index (χ2n) is 6.04. The number of ether oxygens (including phenoxy) is 1. The highest BCUT2D eigenvalue weighted by Crippen LogP contribution is 2.30. The van der Waals surface area contributed by atoms with E-state index in [1.54, 1.807) is 6.92 Å². The zero-order valence-corrected chi connectivity index (χ0v) is 15.7. The van der Waals surface area contributed by atoms with Crippen LogP contribution in [0.25, 0.3) is 10.8 Å². The summed E-state index contributed by atoms with van der Waals surface area (Å²) >= 11 is 1.09. The number of carbonyl (C=O) groups is 1. The smallest absolute Gasteiger partial charge is 0.183 e. The third-order valence-electron chi connectivity index (χ3n) is 4.15. The van der Waals surface area contributed by atoms with Crippen LogP contribution < -0.4 is 15.2 Å². The second-order valence-corrected chi connectivity index (χ2v) is 7.04. The van der Waals surface area contributed by atoms with E-state index in [0.29, 0.717) is 24.0 Å². The SMILES string of the molecule is CCCCOc1ccc2ccccc2c1CNc1nc(C)c(C(=O)[O-])s1. The van der Waals surface area contributed by atoms with Crippen molar-refractivity contribution in [2.24, 2.45) is 0 Å². The summed E-state index contributed by atoms with van der Waals surface area (Å²) in [4.78, 5) is 15.5. The van der Waals surface area contributed by atoms with Gasteiger partial charge in [-0.3, -0.25) is 0 Å². The molecule has 0 fully saturated rings. The Morgan fingerprint density at radius 1 is 1.27 bits per heavy atom. The fourth-order valence-corrected chi connectivity index (χ4v) is 3.58. The molecule has 3 aromatic rings. The topological polar surface area (TPSA) is 74.3 Å². The molecule has 1 aromatic heterocycles. The first-order valence-corrected chi connectivity index (χ1v) is 9.48. The van der Waals surface area contributed by atoms with Gasteiger partial charge >= 0.3 is 0 Å². The van der Waals surface area contributed by atoms with E-state index in [1.807, 2.05) is 18.2 Å². The summed E-state index contributed by atoms with van der Waals surface area (Å²) in [5.41, 5.74) is 1.51. The maximum atomic E-state index is 11.1. The van der Waals surface area contributed by atoms with Crippen molar-refractivity contribution >= 4 is 33.2 Å². The van der Waals surface area contributed by atoms with Crippen LogP contribution in [-0.4, -0.2) is 17.6 Å².